The van der Waals surface area contributed by atoms with E-state index < -0.39 is 0 Å². The molecule has 1 aliphatic carbocycles. The lowest BCUT2D eigenvalue weighted by atomic mass is 9.84. The van der Waals surface area contributed by atoms with Crippen LogP contribution in [0.3, 0.4) is 0 Å². The Morgan fingerprint density at radius 2 is 2.33 bits per heavy atom. The number of ether oxygens (including phenoxy) is 1. The first-order chi connectivity index (χ1) is 8.78. The second-order valence-corrected chi connectivity index (χ2v) is 5.04. The quantitative estimate of drug-likeness (QED) is 0.797. The molecule has 0 aromatic carbocycles. The van der Waals surface area contributed by atoms with Crippen LogP contribution in [0.25, 0.3) is 0 Å². The Kier molecular flexibility index (Phi) is 2.93. The summed E-state index contributed by atoms with van der Waals surface area (Å²) in [6.07, 6.45) is 5.13. The van der Waals surface area contributed by atoms with Crippen LogP contribution in [0.4, 0.5) is 5.95 Å². The summed E-state index contributed by atoms with van der Waals surface area (Å²) in [7, 11) is 1.38. The highest BCUT2D eigenvalue weighted by molar-refractivity contribution is 5.71. The summed E-state index contributed by atoms with van der Waals surface area (Å²) in [5.74, 6) is 1.71. The van der Waals surface area contributed by atoms with E-state index in [4.69, 9.17) is 0 Å². The minimum Gasteiger partial charge on any atom is -0.469 e. The minimum atomic E-state index is -0.293. The van der Waals surface area contributed by atoms with Crippen molar-refractivity contribution in [1.29, 1.82) is 0 Å². The standard InChI is InChI=1S/C12H18N4O2/c1-18-11(17)6-10-14-12-13-7-8-4-2-3-5-9(8)16(12)15-10/h8-9H,2-7H2,1H3,(H,13,14,15). The van der Waals surface area contributed by atoms with Gasteiger partial charge in [-0.05, 0) is 18.8 Å². The number of fused-ring (bicyclic) bond motifs is 3. The van der Waals surface area contributed by atoms with Gasteiger partial charge < -0.3 is 10.1 Å². The molecule has 1 aliphatic heterocycles. The molecule has 2 atom stereocenters. The monoisotopic (exact) mass is 250 g/mol. The first kappa shape index (κ1) is 11.5. The lowest BCUT2D eigenvalue weighted by Crippen LogP contribution is -2.35. The summed E-state index contributed by atoms with van der Waals surface area (Å²) in [6, 6.07) is 0.453. The molecule has 18 heavy (non-hydrogen) atoms. The first-order valence-corrected chi connectivity index (χ1v) is 6.54. The van der Waals surface area contributed by atoms with Crippen LogP contribution in [-0.4, -0.2) is 34.4 Å². The maximum absolute atomic E-state index is 11.2. The van der Waals surface area contributed by atoms with Crippen molar-refractivity contribution in [2.45, 2.75) is 38.1 Å². The lowest BCUT2D eigenvalue weighted by Gasteiger charge is -2.36. The van der Waals surface area contributed by atoms with Gasteiger partial charge in [-0.25, -0.2) is 4.68 Å². The van der Waals surface area contributed by atoms with Gasteiger partial charge >= 0.3 is 5.97 Å². The highest BCUT2D eigenvalue weighted by Crippen LogP contribution is 2.37. The number of rotatable bonds is 2. The Labute approximate surface area is 106 Å². The molecule has 98 valence electrons. The second kappa shape index (κ2) is 4.59. The number of hydrogen-bond donors (Lipinski definition) is 1. The van der Waals surface area contributed by atoms with Crippen LogP contribution in [0.5, 0.6) is 0 Å². The maximum Gasteiger partial charge on any atom is 0.313 e. The molecular weight excluding hydrogens is 232 g/mol. The van der Waals surface area contributed by atoms with Gasteiger partial charge in [0, 0.05) is 6.54 Å². The molecule has 1 fully saturated rings. The number of methoxy groups -OCH3 is 1. The van der Waals surface area contributed by atoms with E-state index in [-0.39, 0.29) is 12.4 Å². The maximum atomic E-state index is 11.2. The van der Waals surface area contributed by atoms with Gasteiger partial charge in [0.25, 0.3) is 0 Å². The number of carbonyl (C=O) groups is 1. The van der Waals surface area contributed by atoms with Crippen molar-refractivity contribution >= 4 is 11.9 Å². The van der Waals surface area contributed by atoms with Crippen molar-refractivity contribution in [3.8, 4) is 0 Å². The molecule has 0 radical (unpaired) electrons. The Balaban J connectivity index is 1.83. The molecule has 2 unspecified atom stereocenters. The molecule has 0 spiro atoms. The first-order valence-electron chi connectivity index (χ1n) is 6.54. The highest BCUT2D eigenvalue weighted by atomic mass is 16.5. The van der Waals surface area contributed by atoms with Gasteiger partial charge in [-0.15, -0.1) is 0 Å². The molecule has 6 nitrogen and oxygen atoms in total. The zero-order valence-electron chi connectivity index (χ0n) is 10.6. The van der Waals surface area contributed by atoms with Crippen molar-refractivity contribution in [2.75, 3.05) is 19.0 Å². The van der Waals surface area contributed by atoms with Crippen molar-refractivity contribution in [1.82, 2.24) is 14.8 Å². The zero-order valence-corrected chi connectivity index (χ0v) is 10.6. The summed E-state index contributed by atoms with van der Waals surface area (Å²) in [4.78, 5) is 15.6. The Hall–Kier alpha value is -1.59. The molecule has 2 heterocycles. The van der Waals surface area contributed by atoms with E-state index in [9.17, 15) is 4.79 Å². The van der Waals surface area contributed by atoms with E-state index in [2.05, 4.69) is 20.1 Å². The van der Waals surface area contributed by atoms with Crippen LogP contribution in [0, 0.1) is 5.92 Å². The fourth-order valence-corrected chi connectivity index (χ4v) is 2.97. The third-order valence-electron chi connectivity index (χ3n) is 3.91. The molecule has 2 aliphatic rings. The average molecular weight is 250 g/mol. The fourth-order valence-electron chi connectivity index (χ4n) is 2.97. The van der Waals surface area contributed by atoms with Crippen LogP contribution < -0.4 is 5.32 Å². The normalized spacial score (nSPS) is 25.8. The van der Waals surface area contributed by atoms with E-state index in [0.29, 0.717) is 17.8 Å². The number of hydrogen-bond acceptors (Lipinski definition) is 5. The van der Waals surface area contributed by atoms with Gasteiger partial charge in [0.2, 0.25) is 5.95 Å². The Morgan fingerprint density at radius 3 is 3.17 bits per heavy atom. The van der Waals surface area contributed by atoms with Gasteiger partial charge in [-0.2, -0.15) is 10.1 Å². The molecular formula is C12H18N4O2. The molecule has 6 heteroatoms. The molecule has 1 aromatic heterocycles. The third-order valence-corrected chi connectivity index (χ3v) is 3.91. The van der Waals surface area contributed by atoms with Gasteiger partial charge in [0.15, 0.2) is 5.82 Å². The van der Waals surface area contributed by atoms with E-state index in [0.717, 1.165) is 12.5 Å². The van der Waals surface area contributed by atoms with Crippen LogP contribution in [0.2, 0.25) is 0 Å². The van der Waals surface area contributed by atoms with E-state index in [1.165, 1.54) is 32.8 Å². The van der Waals surface area contributed by atoms with Crippen LogP contribution in [0.15, 0.2) is 0 Å². The smallest absolute Gasteiger partial charge is 0.313 e. The van der Waals surface area contributed by atoms with Gasteiger partial charge in [0.05, 0.1) is 13.2 Å². The average Bonchev–Trinajstić information content (AvgIpc) is 2.81. The fraction of sp³-hybridized carbons (Fsp3) is 0.750. The van der Waals surface area contributed by atoms with Crippen LogP contribution in [0.1, 0.15) is 37.5 Å². The molecule has 1 N–H and O–H groups in total. The summed E-state index contributed by atoms with van der Waals surface area (Å²) in [5.41, 5.74) is 0. The largest absolute Gasteiger partial charge is 0.469 e. The lowest BCUT2D eigenvalue weighted by molar-refractivity contribution is -0.139. The van der Waals surface area contributed by atoms with Gasteiger partial charge in [-0.1, -0.05) is 12.8 Å². The van der Waals surface area contributed by atoms with Gasteiger partial charge in [0.1, 0.15) is 6.42 Å². The topological polar surface area (TPSA) is 69.0 Å². The number of nitrogens with one attached hydrogen (secondary N) is 1. The van der Waals surface area contributed by atoms with E-state index in [1.54, 1.807) is 0 Å². The molecule has 1 aromatic rings. The van der Waals surface area contributed by atoms with Crippen molar-refractivity contribution in [3.63, 3.8) is 0 Å². The molecule has 3 rings (SSSR count). The number of aromatic nitrogens is 3. The summed E-state index contributed by atoms with van der Waals surface area (Å²) in [6.45, 7) is 0.973. The number of nitrogens with zero attached hydrogens (tertiary/aromatic N) is 3. The van der Waals surface area contributed by atoms with Crippen molar-refractivity contribution < 1.29 is 9.53 Å². The Morgan fingerprint density at radius 1 is 1.50 bits per heavy atom. The molecule has 1 saturated carbocycles. The SMILES string of the molecule is COC(=O)Cc1nc2n(n1)C1CCCCC1CN2. The number of esters is 1. The van der Waals surface area contributed by atoms with E-state index in [1.807, 2.05) is 4.68 Å². The highest BCUT2D eigenvalue weighted by Gasteiger charge is 2.33. The predicted molar refractivity (Wildman–Crippen MR) is 65.2 cm³/mol. The molecule has 0 saturated heterocycles. The van der Waals surface area contributed by atoms with Crippen LogP contribution in [-0.2, 0) is 16.0 Å². The molecule has 0 amide bonds. The van der Waals surface area contributed by atoms with Crippen molar-refractivity contribution in [3.05, 3.63) is 5.82 Å². The van der Waals surface area contributed by atoms with Crippen LogP contribution >= 0.6 is 0 Å². The molecule has 0 bridgehead atoms. The predicted octanol–water partition coefficient (Wildman–Crippen LogP) is 1.15. The summed E-state index contributed by atoms with van der Waals surface area (Å²) < 4.78 is 6.62. The number of anilines is 1. The Bertz CT molecular complexity index is 457. The number of carbonyl (C=O) groups excluding carboxylic acids is 1. The summed E-state index contributed by atoms with van der Waals surface area (Å²) >= 11 is 0. The van der Waals surface area contributed by atoms with Crippen molar-refractivity contribution in [2.24, 2.45) is 5.92 Å². The van der Waals surface area contributed by atoms with E-state index >= 15 is 0 Å². The zero-order chi connectivity index (χ0) is 12.5. The minimum absolute atomic E-state index is 0.148. The van der Waals surface area contributed by atoms with Gasteiger partial charge in [-0.3, -0.25) is 4.79 Å². The second-order valence-electron chi connectivity index (χ2n) is 5.04. The summed E-state index contributed by atoms with van der Waals surface area (Å²) in [5, 5.41) is 7.78. The third kappa shape index (κ3) is 1.95.